The number of carbonyl (C=O) groups is 2. The van der Waals surface area contributed by atoms with Crippen LogP contribution in [0.3, 0.4) is 0 Å². The Morgan fingerprint density at radius 3 is 2.60 bits per heavy atom. The van der Waals surface area contributed by atoms with Gasteiger partial charge in [0.15, 0.2) is 0 Å². The molecule has 0 spiro atoms. The summed E-state index contributed by atoms with van der Waals surface area (Å²) in [6.07, 6.45) is 3.21. The van der Waals surface area contributed by atoms with E-state index in [0.717, 1.165) is 25.2 Å². The Balaban J connectivity index is 1.50. The number of halogens is 3. The number of urea groups is 1. The highest BCUT2D eigenvalue weighted by atomic mass is 19.3. The number of hydrogen-bond acceptors (Lipinski definition) is 8. The van der Waals surface area contributed by atoms with Gasteiger partial charge in [-0.3, -0.25) is 9.69 Å². The maximum atomic E-state index is 14.0. The molecule has 3 aliphatic rings. The first-order chi connectivity index (χ1) is 21.4. The Morgan fingerprint density at radius 2 is 1.98 bits per heavy atom. The second kappa shape index (κ2) is 13.1. The number of carbonyl (C=O) groups excluding carboxylic acids is 2. The topological polar surface area (TPSA) is 106 Å². The predicted molar refractivity (Wildman–Crippen MR) is 167 cm³/mol. The summed E-state index contributed by atoms with van der Waals surface area (Å²) in [7, 11) is 5.61. The van der Waals surface area contributed by atoms with Crippen LogP contribution in [0.1, 0.15) is 44.6 Å². The van der Waals surface area contributed by atoms with Gasteiger partial charge in [-0.05, 0) is 52.4 Å². The van der Waals surface area contributed by atoms with Gasteiger partial charge >= 0.3 is 6.03 Å². The maximum absolute atomic E-state index is 14.0. The van der Waals surface area contributed by atoms with E-state index in [9.17, 15) is 22.8 Å². The van der Waals surface area contributed by atoms with Crippen molar-refractivity contribution in [2.45, 2.75) is 69.6 Å². The second-order valence-corrected chi connectivity index (χ2v) is 12.2. The summed E-state index contributed by atoms with van der Waals surface area (Å²) < 4.78 is 47.5. The van der Waals surface area contributed by atoms with Crippen molar-refractivity contribution >= 4 is 40.8 Å². The molecule has 1 aromatic heterocycles. The molecule has 0 bridgehead atoms. The number of methoxy groups -OCH3 is 1. The minimum absolute atomic E-state index is 0.0929. The number of alkyl halides is 3. The molecule has 11 nitrogen and oxygen atoms in total. The van der Waals surface area contributed by atoms with Crippen molar-refractivity contribution in [2.24, 2.45) is 0 Å². The van der Waals surface area contributed by atoms with Crippen molar-refractivity contribution in [3.05, 3.63) is 36.5 Å². The largest absolute Gasteiger partial charge is 0.494 e. The van der Waals surface area contributed by atoms with Crippen molar-refractivity contribution in [3.63, 3.8) is 0 Å². The van der Waals surface area contributed by atoms with E-state index in [2.05, 4.69) is 37.0 Å². The van der Waals surface area contributed by atoms with Crippen LogP contribution < -0.4 is 25.2 Å². The molecule has 2 N–H and O–H groups in total. The van der Waals surface area contributed by atoms with Gasteiger partial charge in [0.2, 0.25) is 17.8 Å². The van der Waals surface area contributed by atoms with Crippen LogP contribution in [0.2, 0.25) is 0 Å². The molecule has 0 unspecified atom stereocenters. The summed E-state index contributed by atoms with van der Waals surface area (Å²) in [6.45, 7) is 6.09. The fourth-order valence-corrected chi connectivity index (χ4v) is 6.18. The lowest BCUT2D eigenvalue weighted by molar-refractivity contribution is -0.111. The summed E-state index contributed by atoms with van der Waals surface area (Å²) in [4.78, 5) is 42.4. The molecule has 3 amide bonds. The molecule has 1 saturated heterocycles. The van der Waals surface area contributed by atoms with Gasteiger partial charge in [-0.1, -0.05) is 6.58 Å². The highest BCUT2D eigenvalue weighted by molar-refractivity contribution is 6.02. The molecule has 45 heavy (non-hydrogen) atoms. The number of fused-ring (bicyclic) bond motifs is 1. The molecule has 1 aliphatic carbocycles. The first-order valence-corrected chi connectivity index (χ1v) is 15.2. The lowest BCUT2D eigenvalue weighted by Crippen LogP contribution is -2.56. The Kier molecular flexibility index (Phi) is 9.42. The fraction of sp³-hybridized carbons (Fsp3) is 0.548. The lowest BCUT2D eigenvalue weighted by atomic mass is 9.90. The van der Waals surface area contributed by atoms with Crippen molar-refractivity contribution in [1.82, 2.24) is 19.8 Å². The van der Waals surface area contributed by atoms with Crippen molar-refractivity contribution in [3.8, 4) is 5.75 Å². The van der Waals surface area contributed by atoms with Gasteiger partial charge in [-0.25, -0.2) is 22.9 Å². The summed E-state index contributed by atoms with van der Waals surface area (Å²) >= 11 is 0. The number of nitrogens with one attached hydrogen (secondary N) is 2. The zero-order valence-electron chi connectivity index (χ0n) is 26.2. The molecule has 244 valence electrons. The highest BCUT2D eigenvalue weighted by Gasteiger charge is 2.43. The molecule has 1 aromatic carbocycles. The Bertz CT molecular complexity index is 1430. The first-order valence-electron chi connectivity index (χ1n) is 15.2. The number of anilines is 5. The van der Waals surface area contributed by atoms with Gasteiger partial charge in [0.05, 0.1) is 36.8 Å². The summed E-state index contributed by atoms with van der Waals surface area (Å²) in [5.74, 6) is -2.24. The summed E-state index contributed by atoms with van der Waals surface area (Å²) in [5.41, 5.74) is 2.37. The van der Waals surface area contributed by atoms with E-state index in [1.54, 1.807) is 19.2 Å². The van der Waals surface area contributed by atoms with Crippen LogP contribution in [0.15, 0.2) is 31.0 Å². The molecular formula is C31H41F3N8O3. The van der Waals surface area contributed by atoms with Gasteiger partial charge in [0, 0.05) is 55.8 Å². The van der Waals surface area contributed by atoms with E-state index in [1.165, 1.54) is 23.0 Å². The third kappa shape index (κ3) is 6.80. The Hall–Kier alpha value is -4.07. The third-order valence-corrected chi connectivity index (χ3v) is 8.91. The number of likely N-dealkylation sites (N-methyl/N-ethyl adjacent to an activating group) is 1. The number of hydrogen-bond donors (Lipinski definition) is 2. The molecule has 1 saturated carbocycles. The quantitative estimate of drug-likeness (QED) is 0.347. The molecule has 5 rings (SSSR count). The maximum Gasteiger partial charge on any atom is 0.326 e. The fourth-order valence-electron chi connectivity index (χ4n) is 6.18. The zero-order valence-corrected chi connectivity index (χ0v) is 26.2. The van der Waals surface area contributed by atoms with E-state index in [1.807, 2.05) is 20.2 Å². The van der Waals surface area contributed by atoms with Gasteiger partial charge < -0.3 is 30.1 Å². The van der Waals surface area contributed by atoms with E-state index in [0.29, 0.717) is 34.5 Å². The van der Waals surface area contributed by atoms with E-state index < -0.39 is 30.7 Å². The van der Waals surface area contributed by atoms with Crippen molar-refractivity contribution in [2.75, 3.05) is 61.4 Å². The van der Waals surface area contributed by atoms with Crippen molar-refractivity contribution in [1.29, 1.82) is 0 Å². The van der Waals surface area contributed by atoms with Crippen LogP contribution in [-0.2, 0) is 11.3 Å². The minimum Gasteiger partial charge on any atom is -0.494 e. The molecule has 2 aromatic rings. The number of ether oxygens (including phenoxy) is 1. The summed E-state index contributed by atoms with van der Waals surface area (Å²) in [6, 6.07) is 2.24. The van der Waals surface area contributed by atoms with E-state index in [-0.39, 0.29) is 44.1 Å². The average Bonchev–Trinajstić information content (AvgIpc) is 3.51. The minimum atomic E-state index is -2.79. The highest BCUT2D eigenvalue weighted by Crippen LogP contribution is 2.42. The molecular weight excluding hydrogens is 589 g/mol. The van der Waals surface area contributed by atoms with Crippen LogP contribution in [-0.4, -0.2) is 96.7 Å². The Morgan fingerprint density at radius 1 is 1.24 bits per heavy atom. The number of amides is 3. The SMILES string of the molecule is C=CC(=O)Nc1cc(Nc2ncc3c(n2)N(C2CCC(F)(F)CC2)C(=O)N([C@@H](C)CF)C3)c(OC)cc1N1CC[C@@H](N(C)C)C1. The average molecular weight is 631 g/mol. The van der Waals surface area contributed by atoms with Gasteiger partial charge in [-0.15, -0.1) is 0 Å². The van der Waals surface area contributed by atoms with Crippen LogP contribution in [0.5, 0.6) is 5.75 Å². The standard InChI is InChI=1S/C31H41F3N8O3/c1-6-27(43)36-23-13-24(26(45-5)14-25(23)40-12-9-22(18-40)39(3)4)37-29-35-16-20-17-41(19(2)15-32)30(44)42(28(20)38-29)21-7-10-31(33,34)11-8-21/h6,13-14,16,19,21-22H,1,7-12,15,17-18H2,2-5H3,(H,36,43)(H,35,37,38)/t19-,22+/m0/s1. The lowest BCUT2D eigenvalue weighted by Gasteiger charge is -2.43. The smallest absolute Gasteiger partial charge is 0.326 e. The normalized spacial score (nSPS) is 20.7. The number of aromatic nitrogens is 2. The monoisotopic (exact) mass is 630 g/mol. The van der Waals surface area contributed by atoms with Gasteiger partial charge in [0.1, 0.15) is 18.2 Å². The summed E-state index contributed by atoms with van der Waals surface area (Å²) in [5, 5.41) is 6.06. The first kappa shape index (κ1) is 32.3. The predicted octanol–water partition coefficient (Wildman–Crippen LogP) is 5.17. The van der Waals surface area contributed by atoms with Gasteiger partial charge in [0.25, 0.3) is 0 Å². The second-order valence-electron chi connectivity index (χ2n) is 12.2. The van der Waals surface area contributed by atoms with Crippen LogP contribution in [0, 0.1) is 0 Å². The zero-order chi connectivity index (χ0) is 32.5. The number of rotatable bonds is 10. The molecule has 3 heterocycles. The van der Waals surface area contributed by atoms with Crippen LogP contribution in [0.4, 0.5) is 46.8 Å². The number of benzene rings is 1. The molecule has 2 fully saturated rings. The molecule has 2 atom stereocenters. The van der Waals surface area contributed by atoms with E-state index >= 15 is 0 Å². The molecule has 2 aliphatic heterocycles. The van der Waals surface area contributed by atoms with E-state index in [4.69, 9.17) is 4.74 Å². The van der Waals surface area contributed by atoms with Crippen molar-refractivity contribution < 1.29 is 27.5 Å². The molecule has 0 radical (unpaired) electrons. The van der Waals surface area contributed by atoms with Gasteiger partial charge in [-0.2, -0.15) is 4.98 Å². The molecule has 14 heteroatoms. The van der Waals surface area contributed by atoms with Crippen LogP contribution >= 0.6 is 0 Å². The number of nitrogens with zero attached hydrogens (tertiary/aromatic N) is 6. The van der Waals surface area contributed by atoms with Crippen LogP contribution in [0.25, 0.3) is 0 Å². The third-order valence-electron chi connectivity index (χ3n) is 8.91. The Labute approximate surface area is 261 Å².